The molecule has 1 atom stereocenters. The number of nitrogen functional groups attached to an aromatic ring is 1. The van der Waals surface area contributed by atoms with Crippen molar-refractivity contribution in [1.82, 2.24) is 20.4 Å². The van der Waals surface area contributed by atoms with Crippen molar-refractivity contribution in [2.24, 2.45) is 15.9 Å². The molecule has 2 aromatic rings. The largest absolute Gasteiger partial charge is 0.399 e. The van der Waals surface area contributed by atoms with E-state index in [2.05, 4.69) is 26.0 Å². The van der Waals surface area contributed by atoms with Crippen molar-refractivity contribution in [3.8, 4) is 0 Å². The third-order valence-corrected chi connectivity index (χ3v) is 8.43. The Hall–Kier alpha value is -4.66. The summed E-state index contributed by atoms with van der Waals surface area (Å²) in [5.41, 5.74) is 9.55. The summed E-state index contributed by atoms with van der Waals surface area (Å²) in [5, 5.41) is 12.3. The zero-order valence-electron chi connectivity index (χ0n) is 25.7. The number of fused-ring (bicyclic) bond motifs is 1. The lowest BCUT2D eigenvalue weighted by atomic mass is 10.0. The van der Waals surface area contributed by atoms with E-state index in [4.69, 9.17) is 21.3 Å². The highest BCUT2D eigenvalue weighted by Gasteiger charge is 2.40. The van der Waals surface area contributed by atoms with Gasteiger partial charge in [0, 0.05) is 80.0 Å². The molecule has 2 aromatic carbocycles. The van der Waals surface area contributed by atoms with Gasteiger partial charge in [0.25, 0.3) is 5.91 Å². The zero-order chi connectivity index (χ0) is 32.5. The number of nitrogens with one attached hydrogen (secondary N) is 3. The molecule has 0 spiro atoms. The number of rotatable bonds is 13. The first kappa shape index (κ1) is 32.7. The van der Waals surface area contributed by atoms with E-state index in [1.165, 1.54) is 4.90 Å². The van der Waals surface area contributed by atoms with E-state index in [-0.39, 0.29) is 49.8 Å². The molecule has 0 saturated carbocycles. The highest BCUT2D eigenvalue weighted by molar-refractivity contribution is 6.38. The first-order valence-electron chi connectivity index (χ1n) is 15.6. The number of nitrogens with zero attached hydrogens (tertiary/aromatic N) is 4. The van der Waals surface area contributed by atoms with Gasteiger partial charge in [-0.05, 0) is 43.5 Å². The first-order valence-corrected chi connectivity index (χ1v) is 15.6. The molecule has 3 aliphatic heterocycles. The minimum atomic E-state index is -0.713. The maximum Gasteiger partial charge on any atom is 0.255 e. The average molecular weight is 632 g/mol. The molecule has 2 fully saturated rings. The fourth-order valence-electron chi connectivity index (χ4n) is 5.86. The second-order valence-corrected chi connectivity index (χ2v) is 11.6. The molecule has 46 heavy (non-hydrogen) atoms. The Bertz CT molecular complexity index is 1490. The van der Waals surface area contributed by atoms with Crippen LogP contribution in [0.25, 0.3) is 0 Å². The summed E-state index contributed by atoms with van der Waals surface area (Å²) in [6.45, 7) is 4.66. The molecule has 14 nitrogen and oxygen atoms in total. The SMILES string of the molecule is N/N=C(\C=NC1CCN(CCNCCOCC(=O)Nc2cccc3c2CN(C2CCC(=O)NC2=O)C3=O)CC1)c1ccc(N)cc1. The second-order valence-electron chi connectivity index (χ2n) is 11.6. The average Bonchev–Trinajstić information content (AvgIpc) is 3.39. The summed E-state index contributed by atoms with van der Waals surface area (Å²) in [5.74, 6) is 4.14. The molecule has 3 heterocycles. The van der Waals surface area contributed by atoms with Crippen LogP contribution in [0.3, 0.4) is 0 Å². The van der Waals surface area contributed by atoms with Gasteiger partial charge in [-0.1, -0.05) is 18.2 Å². The van der Waals surface area contributed by atoms with Crippen LogP contribution in [-0.2, 0) is 25.7 Å². The van der Waals surface area contributed by atoms with Crippen molar-refractivity contribution >= 4 is 46.9 Å². The van der Waals surface area contributed by atoms with Crippen LogP contribution in [0.1, 0.15) is 47.2 Å². The standard InChI is InChI=1S/C32H41N9O5/c33-22-6-4-21(5-7-22)27(39-34)18-36-23-10-14-40(15-11-23)16-12-35-13-17-46-20-30(43)37-26-3-1-2-24-25(26)19-41(32(24)45)28-8-9-29(42)38-31(28)44/h1-7,18,23,28,35H,8-17,19-20,33-34H2,(H,37,43)(H,38,42,44)/b36-18?,39-27+. The lowest BCUT2D eigenvalue weighted by Crippen LogP contribution is -2.52. The Labute approximate surface area is 267 Å². The maximum atomic E-state index is 13.0. The summed E-state index contributed by atoms with van der Waals surface area (Å²) in [4.78, 5) is 58.0. The molecule has 14 heteroatoms. The van der Waals surface area contributed by atoms with Crippen LogP contribution in [-0.4, -0.2) is 103 Å². The van der Waals surface area contributed by atoms with Gasteiger partial charge in [-0.15, -0.1) is 0 Å². The first-order chi connectivity index (χ1) is 22.3. The molecule has 4 amide bonds. The van der Waals surface area contributed by atoms with Crippen LogP contribution in [0.15, 0.2) is 52.6 Å². The minimum absolute atomic E-state index is 0.126. The summed E-state index contributed by atoms with van der Waals surface area (Å²) in [6, 6.07) is 12.0. The molecular formula is C32H41N9O5. The highest BCUT2D eigenvalue weighted by atomic mass is 16.5. The van der Waals surface area contributed by atoms with Crippen molar-refractivity contribution in [3.63, 3.8) is 0 Å². The monoisotopic (exact) mass is 631 g/mol. The molecule has 5 rings (SSSR count). The third-order valence-electron chi connectivity index (χ3n) is 8.43. The summed E-state index contributed by atoms with van der Waals surface area (Å²) in [7, 11) is 0. The Morgan fingerprint density at radius 3 is 2.59 bits per heavy atom. The molecule has 3 aliphatic rings. The minimum Gasteiger partial charge on any atom is -0.399 e. The molecule has 2 saturated heterocycles. The highest BCUT2D eigenvalue weighted by Crippen LogP contribution is 2.32. The van der Waals surface area contributed by atoms with Crippen LogP contribution in [0.5, 0.6) is 0 Å². The fourth-order valence-corrected chi connectivity index (χ4v) is 5.86. The zero-order valence-corrected chi connectivity index (χ0v) is 25.7. The Kier molecular flexibility index (Phi) is 11.1. The van der Waals surface area contributed by atoms with Crippen LogP contribution >= 0.6 is 0 Å². The van der Waals surface area contributed by atoms with Gasteiger partial charge in [0.05, 0.1) is 12.6 Å². The number of piperidine rings is 2. The van der Waals surface area contributed by atoms with Gasteiger partial charge >= 0.3 is 0 Å². The van der Waals surface area contributed by atoms with Crippen molar-refractivity contribution in [2.75, 3.05) is 57.0 Å². The predicted octanol–water partition coefficient (Wildman–Crippen LogP) is 0.473. The second kappa shape index (κ2) is 15.6. The van der Waals surface area contributed by atoms with Crippen LogP contribution < -0.4 is 27.5 Å². The number of anilines is 2. The quantitative estimate of drug-likeness (QED) is 0.0521. The molecule has 0 radical (unpaired) electrons. The Morgan fingerprint density at radius 1 is 1.07 bits per heavy atom. The number of imide groups is 1. The van der Waals surface area contributed by atoms with Crippen molar-refractivity contribution < 1.29 is 23.9 Å². The fraction of sp³-hybridized carbons (Fsp3) is 0.438. The number of carbonyl (C=O) groups excluding carboxylic acids is 4. The molecule has 244 valence electrons. The number of hydrogen-bond acceptors (Lipinski definition) is 11. The van der Waals surface area contributed by atoms with Crippen LogP contribution in [0, 0.1) is 0 Å². The lowest BCUT2D eigenvalue weighted by Gasteiger charge is -2.30. The Balaban J connectivity index is 0.950. The molecule has 1 unspecified atom stereocenters. The third kappa shape index (κ3) is 8.33. The van der Waals surface area contributed by atoms with E-state index in [1.54, 1.807) is 24.4 Å². The van der Waals surface area contributed by atoms with E-state index in [9.17, 15) is 19.2 Å². The van der Waals surface area contributed by atoms with Crippen LogP contribution in [0.4, 0.5) is 11.4 Å². The summed E-state index contributed by atoms with van der Waals surface area (Å²) < 4.78 is 5.56. The van der Waals surface area contributed by atoms with E-state index >= 15 is 0 Å². The number of ether oxygens (including phenoxy) is 1. The van der Waals surface area contributed by atoms with Gasteiger partial charge in [0.1, 0.15) is 18.4 Å². The number of hydrazone groups is 1. The van der Waals surface area contributed by atoms with Crippen molar-refractivity contribution in [3.05, 3.63) is 59.2 Å². The number of hydrogen-bond donors (Lipinski definition) is 5. The number of aliphatic imine (C=N–C) groups is 1. The summed E-state index contributed by atoms with van der Waals surface area (Å²) >= 11 is 0. The van der Waals surface area contributed by atoms with Crippen molar-refractivity contribution in [1.29, 1.82) is 0 Å². The van der Waals surface area contributed by atoms with Gasteiger partial charge in [0.15, 0.2) is 0 Å². The Morgan fingerprint density at radius 2 is 1.85 bits per heavy atom. The number of amides is 4. The predicted molar refractivity (Wildman–Crippen MR) is 174 cm³/mol. The molecule has 0 bridgehead atoms. The van der Waals surface area contributed by atoms with E-state index < -0.39 is 11.9 Å². The van der Waals surface area contributed by atoms with Gasteiger partial charge in [0.2, 0.25) is 17.7 Å². The van der Waals surface area contributed by atoms with Gasteiger partial charge in [-0.3, -0.25) is 29.5 Å². The topological polar surface area (TPSA) is 197 Å². The van der Waals surface area contributed by atoms with E-state index in [0.29, 0.717) is 41.4 Å². The lowest BCUT2D eigenvalue weighted by molar-refractivity contribution is -0.137. The smallest absolute Gasteiger partial charge is 0.255 e. The number of benzene rings is 2. The van der Waals surface area contributed by atoms with Gasteiger partial charge < -0.3 is 36.7 Å². The number of nitrogens with two attached hydrogens (primary N) is 2. The van der Waals surface area contributed by atoms with E-state index in [0.717, 1.165) is 44.6 Å². The van der Waals surface area contributed by atoms with Gasteiger partial charge in [-0.2, -0.15) is 5.10 Å². The molecule has 0 aliphatic carbocycles. The van der Waals surface area contributed by atoms with E-state index in [1.807, 2.05) is 24.3 Å². The number of carbonyl (C=O) groups is 4. The molecule has 7 N–H and O–H groups in total. The molecule has 0 aromatic heterocycles. The number of likely N-dealkylation sites (tertiary alicyclic amines) is 1. The summed E-state index contributed by atoms with van der Waals surface area (Å²) in [6.07, 6.45) is 4.13. The normalized spacial score (nSPS) is 19.5. The molecular weight excluding hydrogens is 590 g/mol. The van der Waals surface area contributed by atoms with Crippen LogP contribution in [0.2, 0.25) is 0 Å². The van der Waals surface area contributed by atoms with Gasteiger partial charge in [-0.25, -0.2) is 0 Å². The van der Waals surface area contributed by atoms with Crippen molar-refractivity contribution in [2.45, 2.75) is 44.3 Å². The maximum absolute atomic E-state index is 13.0.